The highest BCUT2D eigenvalue weighted by Crippen LogP contribution is 2.17. The molecule has 0 heterocycles. The van der Waals surface area contributed by atoms with E-state index >= 15 is 0 Å². The van der Waals surface area contributed by atoms with Gasteiger partial charge in [0.25, 0.3) is 0 Å². The van der Waals surface area contributed by atoms with E-state index in [1.807, 2.05) is 61.5 Å². The molecule has 5 nitrogen and oxygen atoms in total. The number of anilines is 3. The minimum atomic E-state index is -0.107. The number of ether oxygens (including phenoxy) is 1. The van der Waals surface area contributed by atoms with Crippen LogP contribution in [-0.4, -0.2) is 33.7 Å². The molecular weight excluding hydrogens is 278 g/mol. The van der Waals surface area contributed by atoms with Crippen molar-refractivity contribution >= 4 is 23.0 Å². The number of methoxy groups -OCH3 is 1. The second kappa shape index (κ2) is 7.36. The molecule has 0 aromatic heterocycles. The molecule has 0 aliphatic rings. The summed E-state index contributed by atoms with van der Waals surface area (Å²) in [5.74, 6) is 0.606. The fourth-order valence-electron chi connectivity index (χ4n) is 1.97. The zero-order valence-electron chi connectivity index (χ0n) is 13.1. The summed E-state index contributed by atoms with van der Waals surface area (Å²) < 4.78 is 5.13. The van der Waals surface area contributed by atoms with Gasteiger partial charge in [-0.15, -0.1) is 0 Å². The molecule has 0 aliphatic carbocycles. The quantitative estimate of drug-likeness (QED) is 0.861. The minimum absolute atomic E-state index is 0.107. The normalized spacial score (nSPS) is 9.95. The van der Waals surface area contributed by atoms with E-state index in [1.165, 1.54) is 0 Å². The Labute approximate surface area is 130 Å². The predicted molar refractivity (Wildman–Crippen MR) is 90.9 cm³/mol. The molecule has 0 fully saturated rings. The Balaban J connectivity index is 1.87. The first-order valence-electron chi connectivity index (χ1n) is 7.03. The molecule has 0 saturated carbocycles. The number of benzene rings is 2. The van der Waals surface area contributed by atoms with Crippen LogP contribution in [0.3, 0.4) is 0 Å². The van der Waals surface area contributed by atoms with Gasteiger partial charge in [0.1, 0.15) is 5.75 Å². The van der Waals surface area contributed by atoms with Crippen molar-refractivity contribution in [1.29, 1.82) is 0 Å². The highest BCUT2D eigenvalue weighted by Gasteiger charge is 2.03. The molecule has 5 heteroatoms. The maximum Gasteiger partial charge on any atom is 0.243 e. The third-order valence-corrected chi connectivity index (χ3v) is 3.19. The zero-order chi connectivity index (χ0) is 15.9. The highest BCUT2D eigenvalue weighted by atomic mass is 16.5. The van der Waals surface area contributed by atoms with E-state index in [0.717, 1.165) is 11.4 Å². The Kier molecular flexibility index (Phi) is 5.25. The van der Waals surface area contributed by atoms with E-state index in [0.29, 0.717) is 11.4 Å². The molecule has 0 saturated heterocycles. The van der Waals surface area contributed by atoms with Gasteiger partial charge in [-0.05, 0) is 36.4 Å². The van der Waals surface area contributed by atoms with Crippen molar-refractivity contribution in [3.05, 3.63) is 48.5 Å². The first-order valence-corrected chi connectivity index (χ1v) is 7.03. The van der Waals surface area contributed by atoms with E-state index in [-0.39, 0.29) is 12.5 Å². The van der Waals surface area contributed by atoms with E-state index in [1.54, 1.807) is 13.2 Å². The van der Waals surface area contributed by atoms with Crippen LogP contribution in [0, 0.1) is 0 Å². The lowest BCUT2D eigenvalue weighted by Gasteiger charge is -2.13. The summed E-state index contributed by atoms with van der Waals surface area (Å²) in [5.41, 5.74) is 2.74. The number of nitrogens with zero attached hydrogens (tertiary/aromatic N) is 1. The Morgan fingerprint density at radius 3 is 2.45 bits per heavy atom. The predicted octanol–water partition coefficient (Wildman–Crippen LogP) is 2.81. The van der Waals surface area contributed by atoms with Crippen LogP contribution in [-0.2, 0) is 4.79 Å². The average molecular weight is 299 g/mol. The SMILES string of the molecule is COc1cccc(NC(=O)CNc2ccc(N(C)C)cc2)c1. The molecule has 0 bridgehead atoms. The van der Waals surface area contributed by atoms with Crippen molar-refractivity contribution < 1.29 is 9.53 Å². The summed E-state index contributed by atoms with van der Waals surface area (Å²) in [4.78, 5) is 14.0. The van der Waals surface area contributed by atoms with Crippen molar-refractivity contribution in [1.82, 2.24) is 0 Å². The van der Waals surface area contributed by atoms with Crippen molar-refractivity contribution in [3.63, 3.8) is 0 Å². The standard InChI is InChI=1S/C17H21N3O2/c1-20(2)15-9-7-13(8-10-15)18-12-17(21)19-14-5-4-6-16(11-14)22-3/h4-11,18H,12H2,1-3H3,(H,19,21). The number of carbonyl (C=O) groups is 1. The van der Waals surface area contributed by atoms with Crippen molar-refractivity contribution in [3.8, 4) is 5.75 Å². The van der Waals surface area contributed by atoms with Gasteiger partial charge in [-0.2, -0.15) is 0 Å². The minimum Gasteiger partial charge on any atom is -0.497 e. The Bertz CT molecular complexity index is 624. The molecule has 2 aromatic carbocycles. The van der Waals surface area contributed by atoms with Crippen LogP contribution in [0.25, 0.3) is 0 Å². The van der Waals surface area contributed by atoms with Gasteiger partial charge in [-0.25, -0.2) is 0 Å². The number of hydrogen-bond acceptors (Lipinski definition) is 4. The highest BCUT2D eigenvalue weighted by molar-refractivity contribution is 5.93. The fraction of sp³-hybridized carbons (Fsp3) is 0.235. The number of amides is 1. The largest absolute Gasteiger partial charge is 0.497 e. The lowest BCUT2D eigenvalue weighted by atomic mass is 10.2. The smallest absolute Gasteiger partial charge is 0.243 e. The molecule has 116 valence electrons. The second-order valence-corrected chi connectivity index (χ2v) is 5.07. The first-order chi connectivity index (χ1) is 10.6. The van der Waals surface area contributed by atoms with E-state index in [9.17, 15) is 4.79 Å². The van der Waals surface area contributed by atoms with E-state index < -0.39 is 0 Å². The second-order valence-electron chi connectivity index (χ2n) is 5.07. The summed E-state index contributed by atoms with van der Waals surface area (Å²) in [6.45, 7) is 0.207. The molecule has 0 aliphatic heterocycles. The van der Waals surface area contributed by atoms with Crippen molar-refractivity contribution in [2.75, 3.05) is 43.3 Å². The molecule has 2 N–H and O–H groups in total. The fourth-order valence-corrected chi connectivity index (χ4v) is 1.97. The summed E-state index contributed by atoms with van der Waals surface area (Å²) in [6.07, 6.45) is 0. The van der Waals surface area contributed by atoms with Crippen LogP contribution in [0.1, 0.15) is 0 Å². The Morgan fingerprint density at radius 2 is 1.82 bits per heavy atom. The van der Waals surface area contributed by atoms with E-state index in [4.69, 9.17) is 4.74 Å². The lowest BCUT2D eigenvalue weighted by molar-refractivity contribution is -0.114. The number of carbonyl (C=O) groups excluding carboxylic acids is 1. The molecule has 0 radical (unpaired) electrons. The molecular formula is C17H21N3O2. The van der Waals surface area contributed by atoms with Gasteiger partial charge >= 0.3 is 0 Å². The van der Waals surface area contributed by atoms with Crippen LogP contribution >= 0.6 is 0 Å². The lowest BCUT2D eigenvalue weighted by Crippen LogP contribution is -2.21. The molecule has 1 amide bonds. The van der Waals surface area contributed by atoms with Gasteiger partial charge in [0, 0.05) is 37.2 Å². The number of rotatable bonds is 6. The number of hydrogen-bond donors (Lipinski definition) is 2. The molecule has 0 unspecified atom stereocenters. The first kappa shape index (κ1) is 15.7. The van der Waals surface area contributed by atoms with Gasteiger partial charge in [0.15, 0.2) is 0 Å². The average Bonchev–Trinajstić information content (AvgIpc) is 2.53. The molecule has 0 atom stereocenters. The van der Waals surface area contributed by atoms with Crippen LogP contribution in [0.15, 0.2) is 48.5 Å². The van der Waals surface area contributed by atoms with Gasteiger partial charge in [0.2, 0.25) is 5.91 Å². The number of nitrogens with one attached hydrogen (secondary N) is 2. The van der Waals surface area contributed by atoms with Crippen LogP contribution in [0.4, 0.5) is 17.1 Å². The summed E-state index contributed by atoms with van der Waals surface area (Å²) >= 11 is 0. The van der Waals surface area contributed by atoms with Crippen molar-refractivity contribution in [2.45, 2.75) is 0 Å². The van der Waals surface area contributed by atoms with Crippen LogP contribution in [0.5, 0.6) is 5.75 Å². The van der Waals surface area contributed by atoms with Gasteiger partial charge < -0.3 is 20.3 Å². The van der Waals surface area contributed by atoms with Gasteiger partial charge in [0.05, 0.1) is 13.7 Å². The van der Waals surface area contributed by atoms with Gasteiger partial charge in [-0.3, -0.25) is 4.79 Å². The summed E-state index contributed by atoms with van der Waals surface area (Å²) in [7, 11) is 5.58. The molecule has 2 aromatic rings. The summed E-state index contributed by atoms with van der Waals surface area (Å²) in [6, 6.07) is 15.2. The molecule has 22 heavy (non-hydrogen) atoms. The van der Waals surface area contributed by atoms with Crippen LogP contribution in [0.2, 0.25) is 0 Å². The topological polar surface area (TPSA) is 53.6 Å². The zero-order valence-corrected chi connectivity index (χ0v) is 13.1. The summed E-state index contributed by atoms with van der Waals surface area (Å²) in [5, 5.41) is 5.92. The van der Waals surface area contributed by atoms with Crippen LogP contribution < -0.4 is 20.3 Å². The third-order valence-electron chi connectivity index (χ3n) is 3.19. The maximum atomic E-state index is 11.9. The third kappa shape index (κ3) is 4.41. The maximum absolute atomic E-state index is 11.9. The van der Waals surface area contributed by atoms with Gasteiger partial charge in [-0.1, -0.05) is 6.07 Å². The molecule has 2 rings (SSSR count). The van der Waals surface area contributed by atoms with E-state index in [2.05, 4.69) is 10.6 Å². The Morgan fingerprint density at radius 1 is 1.09 bits per heavy atom. The van der Waals surface area contributed by atoms with Crippen molar-refractivity contribution in [2.24, 2.45) is 0 Å². The molecule has 0 spiro atoms. The monoisotopic (exact) mass is 299 g/mol. The Hall–Kier alpha value is -2.69.